The molecule has 2 aliphatic rings. The highest BCUT2D eigenvalue weighted by Crippen LogP contribution is 2.41. The predicted octanol–water partition coefficient (Wildman–Crippen LogP) is 6.49. The summed E-state index contributed by atoms with van der Waals surface area (Å²) in [7, 11) is 0. The van der Waals surface area contributed by atoms with Crippen molar-refractivity contribution in [2.75, 3.05) is 0 Å². The van der Waals surface area contributed by atoms with Crippen molar-refractivity contribution in [1.29, 1.82) is 0 Å². The van der Waals surface area contributed by atoms with E-state index in [9.17, 15) is 0 Å². The molecular weight excluding hydrogens is 332 g/mol. The third kappa shape index (κ3) is 4.86. The Balaban J connectivity index is 1.23. The minimum Gasteiger partial charge on any atom is -0.490 e. The van der Waals surface area contributed by atoms with E-state index in [-0.39, 0.29) is 0 Å². The molecule has 2 heteroatoms. The lowest BCUT2D eigenvalue weighted by molar-refractivity contribution is 0.107. The van der Waals surface area contributed by atoms with Gasteiger partial charge < -0.3 is 9.47 Å². The lowest BCUT2D eigenvalue weighted by atomic mass is 9.78. The van der Waals surface area contributed by atoms with Gasteiger partial charge in [0.05, 0.1) is 12.2 Å². The molecule has 2 saturated carbocycles. The number of aryl methyl sites for hydroxylation is 2. The summed E-state index contributed by atoms with van der Waals surface area (Å²) in [5.41, 5.74) is 2.56. The summed E-state index contributed by atoms with van der Waals surface area (Å²) in [6.45, 7) is 4.24. The van der Waals surface area contributed by atoms with Crippen LogP contribution in [0.2, 0.25) is 0 Å². The van der Waals surface area contributed by atoms with Crippen molar-refractivity contribution in [2.45, 2.75) is 71.0 Å². The zero-order valence-corrected chi connectivity index (χ0v) is 16.7. The van der Waals surface area contributed by atoms with Gasteiger partial charge in [-0.15, -0.1) is 0 Å². The van der Waals surface area contributed by atoms with Crippen molar-refractivity contribution >= 4 is 0 Å². The molecule has 0 aromatic heterocycles. The maximum Gasteiger partial charge on any atom is 0.119 e. The first-order valence-corrected chi connectivity index (χ1v) is 10.6. The van der Waals surface area contributed by atoms with Crippen LogP contribution in [0.5, 0.6) is 11.5 Å². The molecule has 0 spiro atoms. The van der Waals surface area contributed by atoms with Gasteiger partial charge in [0.1, 0.15) is 11.5 Å². The largest absolute Gasteiger partial charge is 0.490 e. The van der Waals surface area contributed by atoms with Gasteiger partial charge in [-0.25, -0.2) is 0 Å². The number of hydrogen-bond acceptors (Lipinski definition) is 2. The second kappa shape index (κ2) is 8.37. The van der Waals surface area contributed by atoms with Crippen LogP contribution in [0.15, 0.2) is 48.5 Å². The van der Waals surface area contributed by atoms with E-state index in [0.717, 1.165) is 23.3 Å². The highest BCUT2D eigenvalue weighted by Gasteiger charge is 2.34. The first kappa shape index (κ1) is 18.4. The van der Waals surface area contributed by atoms with Gasteiger partial charge in [0.15, 0.2) is 0 Å². The van der Waals surface area contributed by atoms with Crippen molar-refractivity contribution in [1.82, 2.24) is 0 Å². The Morgan fingerprint density at radius 2 is 1.30 bits per heavy atom. The lowest BCUT2D eigenvalue weighted by Gasteiger charge is -2.32. The molecule has 2 atom stereocenters. The molecule has 0 amide bonds. The van der Waals surface area contributed by atoms with Crippen molar-refractivity contribution in [2.24, 2.45) is 11.8 Å². The Morgan fingerprint density at radius 1 is 0.630 bits per heavy atom. The molecule has 2 nitrogen and oxygen atoms in total. The molecule has 4 rings (SSSR count). The Labute approximate surface area is 163 Å². The number of hydrogen-bond donors (Lipinski definition) is 0. The van der Waals surface area contributed by atoms with Crippen molar-refractivity contribution < 1.29 is 9.47 Å². The van der Waals surface area contributed by atoms with Crippen molar-refractivity contribution in [3.63, 3.8) is 0 Å². The van der Waals surface area contributed by atoms with Gasteiger partial charge in [-0.2, -0.15) is 0 Å². The second-order valence-electron chi connectivity index (χ2n) is 8.60. The lowest BCUT2D eigenvalue weighted by Crippen LogP contribution is -2.27. The summed E-state index contributed by atoms with van der Waals surface area (Å²) in [6.07, 6.45) is 9.54. The second-order valence-corrected chi connectivity index (χ2v) is 8.60. The maximum atomic E-state index is 6.26. The fourth-order valence-corrected chi connectivity index (χ4v) is 4.88. The summed E-state index contributed by atoms with van der Waals surface area (Å²) in [4.78, 5) is 0. The van der Waals surface area contributed by atoms with Crippen LogP contribution in [0.1, 0.15) is 56.1 Å². The molecule has 27 heavy (non-hydrogen) atoms. The molecule has 2 aromatic carbocycles. The Kier molecular flexibility index (Phi) is 5.71. The van der Waals surface area contributed by atoms with E-state index >= 15 is 0 Å². The van der Waals surface area contributed by atoms with Crippen LogP contribution < -0.4 is 9.47 Å². The van der Waals surface area contributed by atoms with E-state index in [2.05, 4.69) is 62.4 Å². The van der Waals surface area contributed by atoms with Crippen LogP contribution in [0.25, 0.3) is 0 Å². The minimum absolute atomic E-state index is 0.393. The summed E-state index contributed by atoms with van der Waals surface area (Å²) in [6, 6.07) is 16.9. The topological polar surface area (TPSA) is 18.5 Å². The highest BCUT2D eigenvalue weighted by atomic mass is 16.5. The van der Waals surface area contributed by atoms with Crippen molar-refractivity contribution in [3.05, 3.63) is 59.7 Å². The van der Waals surface area contributed by atoms with E-state index in [1.165, 1.54) is 56.1 Å². The Bertz CT molecular complexity index is 728. The normalized spacial score (nSPS) is 28.1. The van der Waals surface area contributed by atoms with Crippen LogP contribution in [0.4, 0.5) is 0 Å². The average molecular weight is 365 g/mol. The summed E-state index contributed by atoms with van der Waals surface area (Å²) in [5.74, 6) is 3.75. The van der Waals surface area contributed by atoms with Gasteiger partial charge in [-0.05, 0) is 100 Å². The van der Waals surface area contributed by atoms with Crippen LogP contribution in [-0.2, 0) is 0 Å². The molecule has 0 bridgehead atoms. The molecule has 2 fully saturated rings. The third-order valence-corrected chi connectivity index (χ3v) is 6.43. The molecule has 2 aliphatic carbocycles. The molecule has 144 valence electrons. The Morgan fingerprint density at radius 3 is 2.04 bits per heavy atom. The van der Waals surface area contributed by atoms with E-state index in [0.29, 0.717) is 12.2 Å². The number of rotatable bonds is 5. The van der Waals surface area contributed by atoms with E-state index in [1.807, 2.05) is 0 Å². The summed E-state index contributed by atoms with van der Waals surface area (Å²) < 4.78 is 12.5. The Hall–Kier alpha value is -1.96. The quantitative estimate of drug-likeness (QED) is 0.604. The molecule has 0 N–H and O–H groups in total. The van der Waals surface area contributed by atoms with Gasteiger partial charge in [0.25, 0.3) is 0 Å². The van der Waals surface area contributed by atoms with Crippen LogP contribution in [0, 0.1) is 25.7 Å². The van der Waals surface area contributed by atoms with Gasteiger partial charge >= 0.3 is 0 Å². The van der Waals surface area contributed by atoms with E-state index in [4.69, 9.17) is 9.47 Å². The zero-order chi connectivity index (χ0) is 18.6. The fourth-order valence-electron chi connectivity index (χ4n) is 4.88. The van der Waals surface area contributed by atoms with Gasteiger partial charge in [-0.1, -0.05) is 29.8 Å². The van der Waals surface area contributed by atoms with Gasteiger partial charge in [0.2, 0.25) is 0 Å². The SMILES string of the molecule is Cc1ccc(OC2CCC(C3CCC(Oc4cccc(C)c4)C3)CC2)cc1. The molecule has 0 radical (unpaired) electrons. The predicted molar refractivity (Wildman–Crippen MR) is 110 cm³/mol. The van der Waals surface area contributed by atoms with E-state index in [1.54, 1.807) is 0 Å². The third-order valence-electron chi connectivity index (χ3n) is 6.43. The molecule has 0 heterocycles. The summed E-state index contributed by atoms with van der Waals surface area (Å²) in [5, 5.41) is 0. The first-order chi connectivity index (χ1) is 13.2. The van der Waals surface area contributed by atoms with Gasteiger partial charge in [0, 0.05) is 0 Å². The molecule has 2 aromatic rings. The monoisotopic (exact) mass is 364 g/mol. The minimum atomic E-state index is 0.393. The molecule has 0 aliphatic heterocycles. The van der Waals surface area contributed by atoms with E-state index < -0.39 is 0 Å². The molecule has 2 unspecified atom stereocenters. The fraction of sp³-hybridized carbons (Fsp3) is 0.520. The average Bonchev–Trinajstić information content (AvgIpc) is 3.13. The zero-order valence-electron chi connectivity index (χ0n) is 16.7. The smallest absolute Gasteiger partial charge is 0.119 e. The first-order valence-electron chi connectivity index (χ1n) is 10.6. The standard InChI is InChI=1S/C25H32O2/c1-18-6-11-22(12-7-18)26-23-13-8-20(9-14-23)21-10-15-25(17-21)27-24-5-3-4-19(2)16-24/h3-7,11-12,16,20-21,23,25H,8-10,13-15,17H2,1-2H3. The number of benzene rings is 2. The molecular formula is C25H32O2. The van der Waals surface area contributed by atoms with Crippen LogP contribution in [0.3, 0.4) is 0 Å². The van der Waals surface area contributed by atoms with Crippen LogP contribution >= 0.6 is 0 Å². The highest BCUT2D eigenvalue weighted by molar-refractivity contribution is 5.28. The van der Waals surface area contributed by atoms with Gasteiger partial charge in [-0.3, -0.25) is 0 Å². The maximum absolute atomic E-state index is 6.26. The summed E-state index contributed by atoms with van der Waals surface area (Å²) >= 11 is 0. The number of ether oxygens (including phenoxy) is 2. The van der Waals surface area contributed by atoms with Crippen molar-refractivity contribution in [3.8, 4) is 11.5 Å². The van der Waals surface area contributed by atoms with Crippen LogP contribution in [-0.4, -0.2) is 12.2 Å². The molecule has 0 saturated heterocycles.